The Balaban J connectivity index is 1.26. The molecular weight excluding hydrogens is 474 g/mol. The smallest absolute Gasteiger partial charge is 0.237 e. The molecule has 2 N–H and O–H groups in total. The highest BCUT2D eigenvalue weighted by Gasteiger charge is 2.48. The van der Waals surface area contributed by atoms with E-state index >= 15 is 0 Å². The highest BCUT2D eigenvalue weighted by molar-refractivity contribution is 7.85. The number of amides is 1. The van der Waals surface area contributed by atoms with Gasteiger partial charge in [-0.05, 0) is 43.4 Å². The van der Waals surface area contributed by atoms with Crippen LogP contribution < -0.4 is 10.6 Å². The molecule has 3 aliphatic heterocycles. The highest BCUT2D eigenvalue weighted by atomic mass is 32.2. The van der Waals surface area contributed by atoms with Gasteiger partial charge < -0.3 is 20.3 Å². The molecule has 0 aromatic heterocycles. The van der Waals surface area contributed by atoms with E-state index in [1.807, 2.05) is 4.31 Å². The van der Waals surface area contributed by atoms with E-state index in [0.29, 0.717) is 25.9 Å². The maximum atomic E-state index is 13.7. The number of primary amides is 1. The number of benzene rings is 1. The minimum Gasteiger partial charge on any atom is -0.379 e. The fraction of sp³-hybridized carbons (Fsp3) is 0.741. The molecule has 3 heterocycles. The molecule has 3 saturated heterocycles. The zero-order valence-electron chi connectivity index (χ0n) is 22.0. The maximum Gasteiger partial charge on any atom is 0.237 e. The fourth-order valence-electron chi connectivity index (χ4n) is 5.56. The van der Waals surface area contributed by atoms with Crippen LogP contribution in [0.3, 0.4) is 0 Å². The van der Waals surface area contributed by atoms with Gasteiger partial charge in [0.05, 0.1) is 13.2 Å². The van der Waals surface area contributed by atoms with E-state index < -0.39 is 21.6 Å². The number of anilines is 1. The Morgan fingerprint density at radius 1 is 0.917 bits per heavy atom. The number of unbranched alkanes of at least 4 members (excludes halogenated alkanes) is 2. The van der Waals surface area contributed by atoms with Crippen LogP contribution in [0.2, 0.25) is 0 Å². The molecule has 0 radical (unpaired) electrons. The van der Waals surface area contributed by atoms with Gasteiger partial charge in [0.1, 0.15) is 15.7 Å². The Hall–Kier alpha value is -1.52. The topological polar surface area (TPSA) is 82.3 Å². The molecule has 0 saturated carbocycles. The summed E-state index contributed by atoms with van der Waals surface area (Å²) in [5.74, 6) is -0.408. The second kappa shape index (κ2) is 13.3. The zero-order chi connectivity index (χ0) is 25.4. The molecule has 8 nitrogen and oxygen atoms in total. The van der Waals surface area contributed by atoms with Crippen molar-refractivity contribution in [3.05, 3.63) is 29.8 Å². The van der Waals surface area contributed by atoms with Gasteiger partial charge in [0.25, 0.3) is 0 Å². The molecule has 1 aromatic rings. The van der Waals surface area contributed by atoms with E-state index in [1.54, 1.807) is 0 Å². The van der Waals surface area contributed by atoms with Crippen molar-refractivity contribution in [2.24, 2.45) is 5.73 Å². The van der Waals surface area contributed by atoms with Crippen molar-refractivity contribution in [1.29, 1.82) is 0 Å². The summed E-state index contributed by atoms with van der Waals surface area (Å²) in [5.41, 5.74) is 8.53. The summed E-state index contributed by atoms with van der Waals surface area (Å²) in [6.07, 6.45) is 6.04. The summed E-state index contributed by atoms with van der Waals surface area (Å²) in [4.78, 5) is 19.8. The number of piperidine rings is 1. The van der Waals surface area contributed by atoms with E-state index in [0.717, 1.165) is 72.0 Å². The predicted molar refractivity (Wildman–Crippen MR) is 146 cm³/mol. The number of hydrogen-bond acceptors (Lipinski definition) is 6. The number of ether oxygens (including phenoxy) is 1. The molecule has 1 amide bonds. The molecule has 202 valence electrons. The number of likely N-dealkylation sites (tertiary alicyclic amines) is 1. The molecule has 0 bridgehead atoms. The zero-order valence-corrected chi connectivity index (χ0v) is 22.9. The van der Waals surface area contributed by atoms with Gasteiger partial charge in [-0.15, -0.1) is 0 Å². The number of carbonyl (C=O) groups excluding carboxylic acids is 1. The third kappa shape index (κ3) is 6.86. The Kier molecular flexibility index (Phi) is 10.2. The third-order valence-electron chi connectivity index (χ3n) is 8.13. The van der Waals surface area contributed by atoms with Gasteiger partial charge >= 0.3 is 0 Å². The maximum absolute atomic E-state index is 13.7. The summed E-state index contributed by atoms with van der Waals surface area (Å²) in [5, 5.41) is 0. The molecule has 36 heavy (non-hydrogen) atoms. The molecule has 1 unspecified atom stereocenters. The predicted octanol–water partition coefficient (Wildman–Crippen LogP) is 1.86. The molecule has 0 aliphatic carbocycles. The molecule has 4 rings (SSSR count). The van der Waals surface area contributed by atoms with Crippen molar-refractivity contribution in [1.82, 2.24) is 14.1 Å². The summed E-state index contributed by atoms with van der Waals surface area (Å²) in [6.45, 7) is 12.3. The Bertz CT molecular complexity index is 845. The van der Waals surface area contributed by atoms with Gasteiger partial charge in [0.2, 0.25) is 5.91 Å². The van der Waals surface area contributed by atoms with Crippen LogP contribution in [0.25, 0.3) is 0 Å². The SMILES string of the molecule is CCCCCc1ccc(N2CCN(S(=O)C3(C(N)=O)CCN(CCN4CCOCC4)CC3)CC2)cc1. The molecule has 3 aliphatic rings. The monoisotopic (exact) mass is 519 g/mol. The van der Waals surface area contributed by atoms with Crippen molar-refractivity contribution in [3.8, 4) is 0 Å². The highest BCUT2D eigenvalue weighted by Crippen LogP contribution is 2.31. The normalized spacial score (nSPS) is 23.0. The lowest BCUT2D eigenvalue weighted by atomic mass is 9.95. The minimum absolute atomic E-state index is 0.408. The Morgan fingerprint density at radius 3 is 2.11 bits per heavy atom. The van der Waals surface area contributed by atoms with Crippen LogP contribution in [0, 0.1) is 0 Å². The van der Waals surface area contributed by atoms with E-state index in [4.69, 9.17) is 10.5 Å². The van der Waals surface area contributed by atoms with E-state index in [1.165, 1.54) is 30.5 Å². The first kappa shape index (κ1) is 27.5. The van der Waals surface area contributed by atoms with Crippen LogP contribution >= 0.6 is 0 Å². The van der Waals surface area contributed by atoms with Gasteiger partial charge in [0, 0.05) is 71.1 Å². The standard InChI is InChI=1S/C27H45N5O3S/c1-2-3-4-5-24-6-8-25(9-7-24)31-16-18-32(19-17-31)36(34)27(26(28)33)10-12-29(13-11-27)14-15-30-20-22-35-23-21-30/h6-9H,2-5,10-23H2,1H3,(H2,28,33). The lowest BCUT2D eigenvalue weighted by Crippen LogP contribution is -2.60. The number of hydrogen-bond donors (Lipinski definition) is 1. The average Bonchev–Trinajstić information content (AvgIpc) is 2.93. The second-order valence-corrected chi connectivity index (χ2v) is 12.2. The second-order valence-electron chi connectivity index (χ2n) is 10.4. The molecular formula is C27H45N5O3S. The van der Waals surface area contributed by atoms with E-state index in [-0.39, 0.29) is 0 Å². The summed E-state index contributed by atoms with van der Waals surface area (Å²) in [6, 6.07) is 8.91. The number of nitrogens with zero attached hydrogens (tertiary/aromatic N) is 4. The van der Waals surface area contributed by atoms with Crippen molar-refractivity contribution in [3.63, 3.8) is 0 Å². The van der Waals surface area contributed by atoms with Crippen LogP contribution in [0.4, 0.5) is 5.69 Å². The van der Waals surface area contributed by atoms with Crippen LogP contribution in [-0.4, -0.2) is 108 Å². The van der Waals surface area contributed by atoms with Crippen molar-refractivity contribution in [2.45, 2.75) is 50.2 Å². The first-order valence-corrected chi connectivity index (χ1v) is 15.0. The molecule has 9 heteroatoms. The molecule has 1 aromatic carbocycles. The van der Waals surface area contributed by atoms with E-state index in [2.05, 4.69) is 45.9 Å². The molecule has 1 atom stereocenters. The van der Waals surface area contributed by atoms with Gasteiger partial charge in [-0.2, -0.15) is 0 Å². The molecule has 3 fully saturated rings. The Labute approximate surface area is 219 Å². The minimum atomic E-state index is -1.41. The van der Waals surface area contributed by atoms with Crippen molar-refractivity contribution in [2.75, 3.05) is 83.6 Å². The van der Waals surface area contributed by atoms with Crippen molar-refractivity contribution >= 4 is 22.6 Å². The first-order chi connectivity index (χ1) is 17.5. The number of nitrogens with two attached hydrogens (primary N) is 1. The summed E-state index contributed by atoms with van der Waals surface area (Å²) in [7, 11) is -1.41. The van der Waals surface area contributed by atoms with Crippen molar-refractivity contribution < 1.29 is 13.7 Å². The van der Waals surface area contributed by atoms with E-state index in [9.17, 15) is 9.00 Å². The number of carbonyl (C=O) groups is 1. The average molecular weight is 520 g/mol. The lowest BCUT2D eigenvalue weighted by Gasteiger charge is -2.43. The number of rotatable bonds is 11. The first-order valence-electron chi connectivity index (χ1n) is 13.8. The fourth-order valence-corrected chi connectivity index (χ4v) is 7.26. The number of morpholine rings is 1. The largest absolute Gasteiger partial charge is 0.379 e. The molecule has 0 spiro atoms. The van der Waals surface area contributed by atoms with Crippen LogP contribution in [0.5, 0.6) is 0 Å². The summed E-state index contributed by atoms with van der Waals surface area (Å²) >= 11 is 0. The Morgan fingerprint density at radius 2 is 1.53 bits per heavy atom. The van der Waals surface area contributed by atoms with Gasteiger partial charge in [-0.25, -0.2) is 8.51 Å². The van der Waals surface area contributed by atoms with Gasteiger partial charge in [0.15, 0.2) is 0 Å². The third-order valence-corrected chi connectivity index (χ3v) is 10.2. The lowest BCUT2D eigenvalue weighted by molar-refractivity contribution is -0.121. The van der Waals surface area contributed by atoms with Crippen LogP contribution in [0.1, 0.15) is 44.6 Å². The quantitative estimate of drug-likeness (QED) is 0.450. The summed E-state index contributed by atoms with van der Waals surface area (Å²) < 4.78 is 20.2. The van der Waals surface area contributed by atoms with Crippen LogP contribution in [-0.2, 0) is 26.9 Å². The number of piperazine rings is 1. The van der Waals surface area contributed by atoms with Crippen LogP contribution in [0.15, 0.2) is 24.3 Å². The number of aryl methyl sites for hydroxylation is 1. The van der Waals surface area contributed by atoms with Gasteiger partial charge in [-0.3, -0.25) is 9.69 Å². The van der Waals surface area contributed by atoms with Gasteiger partial charge in [-0.1, -0.05) is 31.9 Å².